The van der Waals surface area contributed by atoms with Gasteiger partial charge in [0.25, 0.3) is 0 Å². The average Bonchev–Trinajstić information content (AvgIpc) is 1.99. The van der Waals surface area contributed by atoms with Crippen molar-refractivity contribution < 1.29 is 4.79 Å². The molecule has 0 fully saturated rings. The van der Waals surface area contributed by atoms with E-state index in [-0.39, 0.29) is 16.6 Å². The van der Waals surface area contributed by atoms with Gasteiger partial charge in [0.15, 0.2) is 0 Å². The van der Waals surface area contributed by atoms with Gasteiger partial charge in [-0.25, -0.2) is 0 Å². The third-order valence-corrected chi connectivity index (χ3v) is 2.49. The van der Waals surface area contributed by atoms with E-state index < -0.39 is 0 Å². The summed E-state index contributed by atoms with van der Waals surface area (Å²) >= 11 is 6.04. The summed E-state index contributed by atoms with van der Waals surface area (Å²) in [5.74, 6) is 0.267. The summed E-state index contributed by atoms with van der Waals surface area (Å²) in [4.78, 5) is 11.6. The van der Waals surface area contributed by atoms with Gasteiger partial charge < -0.3 is 0 Å². The van der Waals surface area contributed by atoms with E-state index >= 15 is 0 Å². The van der Waals surface area contributed by atoms with Gasteiger partial charge >= 0.3 is 0 Å². The Morgan fingerprint density at radius 1 is 1.38 bits per heavy atom. The van der Waals surface area contributed by atoms with Crippen LogP contribution in [0.1, 0.15) is 53.4 Å². The smallest absolute Gasteiger partial charge is 0.139 e. The number of alkyl halides is 1. The van der Waals surface area contributed by atoms with E-state index in [1.54, 1.807) is 0 Å². The van der Waals surface area contributed by atoms with E-state index in [1.807, 2.05) is 20.8 Å². The second-order valence-corrected chi connectivity index (χ2v) is 5.23. The van der Waals surface area contributed by atoms with Gasteiger partial charge in [-0.15, -0.1) is 11.6 Å². The van der Waals surface area contributed by atoms with Crippen LogP contribution in [0.25, 0.3) is 0 Å². The van der Waals surface area contributed by atoms with Crippen LogP contribution in [0.2, 0.25) is 0 Å². The van der Waals surface area contributed by atoms with Crippen molar-refractivity contribution in [1.29, 1.82) is 0 Å². The van der Waals surface area contributed by atoms with Crippen LogP contribution in [-0.4, -0.2) is 11.2 Å². The molecule has 2 heteroatoms. The van der Waals surface area contributed by atoms with Crippen LogP contribution >= 0.6 is 11.6 Å². The summed E-state index contributed by atoms with van der Waals surface area (Å²) in [7, 11) is 0. The fourth-order valence-electron chi connectivity index (χ4n) is 1.04. The standard InChI is InChI=1S/C11H21ClO/c1-5-6-7-9(12)8-10(13)11(2,3)4/h9H,5-8H2,1-4H3. The number of carbonyl (C=O) groups is 1. The quantitative estimate of drug-likeness (QED) is 0.623. The lowest BCUT2D eigenvalue weighted by atomic mass is 9.87. The van der Waals surface area contributed by atoms with Crippen molar-refractivity contribution in [3.05, 3.63) is 0 Å². The molecule has 0 aliphatic heterocycles. The van der Waals surface area contributed by atoms with Crippen molar-refractivity contribution in [1.82, 2.24) is 0 Å². The van der Waals surface area contributed by atoms with Gasteiger partial charge in [0.2, 0.25) is 0 Å². The van der Waals surface area contributed by atoms with Gasteiger partial charge in [0.1, 0.15) is 5.78 Å². The molecule has 0 saturated heterocycles. The monoisotopic (exact) mass is 204 g/mol. The van der Waals surface area contributed by atoms with Crippen molar-refractivity contribution in [3.8, 4) is 0 Å². The Hall–Kier alpha value is -0.0400. The lowest BCUT2D eigenvalue weighted by molar-refractivity contribution is -0.126. The van der Waals surface area contributed by atoms with Crippen LogP contribution in [0.15, 0.2) is 0 Å². The van der Waals surface area contributed by atoms with E-state index in [0.29, 0.717) is 6.42 Å². The average molecular weight is 205 g/mol. The Morgan fingerprint density at radius 3 is 2.31 bits per heavy atom. The normalized spacial score (nSPS) is 14.2. The van der Waals surface area contributed by atoms with Crippen molar-refractivity contribution in [2.45, 2.75) is 58.8 Å². The molecule has 0 saturated carbocycles. The molecular weight excluding hydrogens is 184 g/mol. The lowest BCUT2D eigenvalue weighted by Crippen LogP contribution is -2.23. The number of Topliss-reactive ketones (excluding diaryl/α,β-unsaturated/α-hetero) is 1. The minimum atomic E-state index is -0.237. The molecule has 0 aromatic carbocycles. The minimum Gasteiger partial charge on any atom is -0.299 e. The van der Waals surface area contributed by atoms with Gasteiger partial charge in [-0.05, 0) is 6.42 Å². The Morgan fingerprint density at radius 2 is 1.92 bits per heavy atom. The molecule has 0 aromatic rings. The Balaban J connectivity index is 3.79. The van der Waals surface area contributed by atoms with Crippen molar-refractivity contribution in [3.63, 3.8) is 0 Å². The van der Waals surface area contributed by atoms with Crippen LogP contribution in [0.3, 0.4) is 0 Å². The second kappa shape index (κ2) is 5.64. The summed E-state index contributed by atoms with van der Waals surface area (Å²) in [6.07, 6.45) is 3.74. The summed E-state index contributed by atoms with van der Waals surface area (Å²) in [6, 6.07) is 0. The SMILES string of the molecule is CCCCC(Cl)CC(=O)C(C)(C)C. The minimum absolute atomic E-state index is 0.0340. The van der Waals surface area contributed by atoms with E-state index in [0.717, 1.165) is 19.3 Å². The molecule has 0 aromatic heterocycles. The Kier molecular flexibility index (Phi) is 5.62. The molecule has 0 spiro atoms. The van der Waals surface area contributed by atoms with Gasteiger partial charge in [-0.1, -0.05) is 40.5 Å². The Labute approximate surface area is 86.9 Å². The number of ketones is 1. The van der Waals surface area contributed by atoms with E-state index in [1.165, 1.54) is 0 Å². The first kappa shape index (κ1) is 13.0. The zero-order valence-corrected chi connectivity index (χ0v) is 9.95. The van der Waals surface area contributed by atoms with Crippen molar-refractivity contribution in [2.75, 3.05) is 0 Å². The second-order valence-electron chi connectivity index (χ2n) is 4.62. The molecule has 0 radical (unpaired) electrons. The lowest BCUT2D eigenvalue weighted by Gasteiger charge is -2.18. The summed E-state index contributed by atoms with van der Waals surface area (Å²) in [5.41, 5.74) is -0.237. The molecule has 0 bridgehead atoms. The number of halogens is 1. The maximum Gasteiger partial charge on any atom is 0.139 e. The van der Waals surface area contributed by atoms with E-state index in [4.69, 9.17) is 11.6 Å². The topological polar surface area (TPSA) is 17.1 Å². The molecule has 1 nitrogen and oxygen atoms in total. The highest BCUT2D eigenvalue weighted by Gasteiger charge is 2.23. The molecule has 0 aliphatic carbocycles. The molecule has 0 aliphatic rings. The third kappa shape index (κ3) is 6.09. The molecule has 0 rings (SSSR count). The molecule has 13 heavy (non-hydrogen) atoms. The van der Waals surface area contributed by atoms with Gasteiger partial charge in [-0.2, -0.15) is 0 Å². The van der Waals surface area contributed by atoms with Gasteiger partial charge in [0, 0.05) is 17.2 Å². The largest absolute Gasteiger partial charge is 0.299 e. The van der Waals surface area contributed by atoms with Crippen LogP contribution in [0.4, 0.5) is 0 Å². The zero-order chi connectivity index (χ0) is 10.5. The Bertz CT molecular complexity index is 158. The predicted molar refractivity (Wildman–Crippen MR) is 58.2 cm³/mol. The number of unbranched alkanes of at least 4 members (excludes halogenated alkanes) is 1. The first-order valence-electron chi connectivity index (χ1n) is 5.05. The highest BCUT2D eigenvalue weighted by molar-refractivity contribution is 6.21. The fourth-order valence-corrected chi connectivity index (χ4v) is 1.33. The predicted octanol–water partition coefficient (Wildman–Crippen LogP) is 3.79. The van der Waals surface area contributed by atoms with Crippen molar-refractivity contribution >= 4 is 17.4 Å². The maximum absolute atomic E-state index is 11.6. The van der Waals surface area contributed by atoms with Gasteiger partial charge in [0.05, 0.1) is 0 Å². The summed E-state index contributed by atoms with van der Waals surface area (Å²) < 4.78 is 0. The van der Waals surface area contributed by atoms with Gasteiger partial charge in [-0.3, -0.25) is 4.79 Å². The first-order chi connectivity index (χ1) is 5.88. The number of hydrogen-bond acceptors (Lipinski definition) is 1. The van der Waals surface area contributed by atoms with E-state index in [2.05, 4.69) is 6.92 Å². The van der Waals surface area contributed by atoms with Crippen LogP contribution in [0, 0.1) is 5.41 Å². The third-order valence-electron chi connectivity index (χ3n) is 2.11. The molecule has 78 valence electrons. The molecule has 0 amide bonds. The number of carbonyl (C=O) groups excluding carboxylic acids is 1. The molecule has 0 N–H and O–H groups in total. The fraction of sp³-hybridized carbons (Fsp3) is 0.909. The molecule has 1 atom stereocenters. The van der Waals surface area contributed by atoms with E-state index in [9.17, 15) is 4.79 Å². The molecule has 1 unspecified atom stereocenters. The highest BCUT2D eigenvalue weighted by atomic mass is 35.5. The maximum atomic E-state index is 11.6. The summed E-state index contributed by atoms with van der Waals surface area (Å²) in [5, 5.41) is 0.0340. The number of rotatable bonds is 5. The zero-order valence-electron chi connectivity index (χ0n) is 9.19. The first-order valence-corrected chi connectivity index (χ1v) is 5.49. The van der Waals surface area contributed by atoms with Crippen LogP contribution in [-0.2, 0) is 4.79 Å². The highest BCUT2D eigenvalue weighted by Crippen LogP contribution is 2.21. The molecular formula is C11H21ClO. The van der Waals surface area contributed by atoms with Crippen LogP contribution < -0.4 is 0 Å². The van der Waals surface area contributed by atoms with Crippen LogP contribution in [0.5, 0.6) is 0 Å². The summed E-state index contributed by atoms with van der Waals surface area (Å²) in [6.45, 7) is 7.96. The van der Waals surface area contributed by atoms with Crippen molar-refractivity contribution in [2.24, 2.45) is 5.41 Å². The number of hydrogen-bond donors (Lipinski definition) is 0. The molecule has 0 heterocycles.